The monoisotopic (exact) mass is 449 g/mol. The number of rotatable bonds is 3. The molecule has 1 aromatic heterocycles. The van der Waals surface area contributed by atoms with Crippen LogP contribution in [0.4, 0.5) is 18.9 Å². The molecule has 0 bridgehead atoms. The van der Waals surface area contributed by atoms with Crippen LogP contribution in [0.3, 0.4) is 0 Å². The summed E-state index contributed by atoms with van der Waals surface area (Å²) >= 11 is 17.5. The smallest absolute Gasteiger partial charge is 0.417 e. The van der Waals surface area contributed by atoms with Crippen molar-refractivity contribution < 1.29 is 17.9 Å². The average Bonchev–Trinajstić information content (AvgIpc) is 2.65. The molecule has 0 saturated carbocycles. The van der Waals surface area contributed by atoms with Gasteiger partial charge in [-0.05, 0) is 30.4 Å². The van der Waals surface area contributed by atoms with Crippen molar-refractivity contribution in [2.24, 2.45) is 0 Å². The fourth-order valence-electron chi connectivity index (χ4n) is 2.76. The predicted molar refractivity (Wildman–Crippen MR) is 107 cm³/mol. The topological polar surface area (TPSA) is 37.4 Å². The molecule has 1 aromatic carbocycles. The Labute approximate surface area is 175 Å². The van der Waals surface area contributed by atoms with Gasteiger partial charge >= 0.3 is 6.18 Å². The molecule has 4 nitrogen and oxygen atoms in total. The number of nitrogens with zero attached hydrogens (tertiary/aromatic N) is 2. The maximum Gasteiger partial charge on any atom is 0.417 e. The molecule has 1 fully saturated rings. The van der Waals surface area contributed by atoms with Gasteiger partial charge in [-0.1, -0.05) is 35.3 Å². The minimum Gasteiger partial charge on any atom is -0.473 e. The van der Waals surface area contributed by atoms with Gasteiger partial charge in [-0.25, -0.2) is 4.98 Å². The summed E-state index contributed by atoms with van der Waals surface area (Å²) in [5, 5.41) is 4.09. The van der Waals surface area contributed by atoms with Crippen LogP contribution < -0.4 is 10.1 Å². The molecule has 150 valence electrons. The first-order valence-corrected chi connectivity index (χ1v) is 9.60. The van der Waals surface area contributed by atoms with E-state index in [-0.39, 0.29) is 17.0 Å². The van der Waals surface area contributed by atoms with Crippen LogP contribution in [0.25, 0.3) is 0 Å². The number of thiocarbonyl (C=S) groups is 1. The van der Waals surface area contributed by atoms with Gasteiger partial charge < -0.3 is 15.0 Å². The summed E-state index contributed by atoms with van der Waals surface area (Å²) in [6, 6.07) is 8.12. The molecule has 0 radical (unpaired) electrons. The molecule has 0 amide bonds. The number of benzene rings is 1. The molecule has 0 aliphatic carbocycles. The van der Waals surface area contributed by atoms with Crippen LogP contribution in [-0.4, -0.2) is 34.2 Å². The molecule has 3 rings (SSSR count). The normalized spacial score (nSPS) is 15.4. The first-order valence-electron chi connectivity index (χ1n) is 8.44. The van der Waals surface area contributed by atoms with Gasteiger partial charge in [0.25, 0.3) is 0 Å². The van der Waals surface area contributed by atoms with Gasteiger partial charge in [-0.2, -0.15) is 13.2 Å². The minimum atomic E-state index is -4.50. The van der Waals surface area contributed by atoms with Crippen LogP contribution in [0.15, 0.2) is 36.5 Å². The molecule has 1 aliphatic heterocycles. The van der Waals surface area contributed by atoms with Gasteiger partial charge in [-0.3, -0.25) is 0 Å². The first-order chi connectivity index (χ1) is 13.2. The summed E-state index contributed by atoms with van der Waals surface area (Å²) in [6.45, 7) is 1.25. The van der Waals surface area contributed by atoms with E-state index < -0.39 is 11.7 Å². The Morgan fingerprint density at radius 3 is 2.46 bits per heavy atom. The van der Waals surface area contributed by atoms with Gasteiger partial charge in [0.05, 0.1) is 16.3 Å². The lowest BCUT2D eigenvalue weighted by Crippen LogP contribution is -2.43. The maximum atomic E-state index is 12.7. The third-order valence-electron chi connectivity index (χ3n) is 4.26. The lowest BCUT2D eigenvalue weighted by molar-refractivity contribution is -0.137. The second-order valence-corrected chi connectivity index (χ2v) is 7.42. The van der Waals surface area contributed by atoms with Crippen molar-refractivity contribution in [2.75, 3.05) is 18.4 Å². The zero-order valence-electron chi connectivity index (χ0n) is 14.5. The van der Waals surface area contributed by atoms with E-state index in [1.807, 2.05) is 23.1 Å². The fraction of sp³-hybridized carbons (Fsp3) is 0.333. The highest BCUT2D eigenvalue weighted by molar-refractivity contribution is 7.80. The number of para-hydroxylation sites is 1. The van der Waals surface area contributed by atoms with Crippen LogP contribution in [0.1, 0.15) is 18.4 Å². The van der Waals surface area contributed by atoms with Gasteiger partial charge in [0.2, 0.25) is 5.88 Å². The van der Waals surface area contributed by atoms with Crippen molar-refractivity contribution in [1.82, 2.24) is 9.88 Å². The zero-order chi connectivity index (χ0) is 20.3. The third-order valence-corrected chi connectivity index (χ3v) is 5.22. The van der Waals surface area contributed by atoms with Crippen molar-refractivity contribution in [3.63, 3.8) is 0 Å². The predicted octanol–water partition coefficient (Wildman–Crippen LogP) is 5.65. The fourth-order valence-corrected chi connectivity index (χ4v) is 3.44. The van der Waals surface area contributed by atoms with E-state index in [4.69, 9.17) is 40.2 Å². The summed E-state index contributed by atoms with van der Waals surface area (Å²) in [4.78, 5) is 5.70. The molecule has 0 spiro atoms. The van der Waals surface area contributed by atoms with Crippen molar-refractivity contribution in [2.45, 2.75) is 25.1 Å². The standard InChI is InChI=1S/C18H16Cl2F3N3OS/c19-13-3-1-2-4-15(13)25-17(28)26-7-5-12(6-8-26)27-16-14(20)9-11(10-24-16)18(21,22)23/h1-4,9-10,12H,5-8H2,(H,25,28). The van der Waals surface area contributed by atoms with E-state index in [9.17, 15) is 13.2 Å². The number of likely N-dealkylation sites (tertiary alicyclic amines) is 1. The number of nitrogens with one attached hydrogen (secondary N) is 1. The second-order valence-electron chi connectivity index (χ2n) is 6.22. The largest absolute Gasteiger partial charge is 0.473 e. The van der Waals surface area contributed by atoms with Crippen molar-refractivity contribution >= 4 is 46.2 Å². The highest BCUT2D eigenvalue weighted by Crippen LogP contribution is 2.34. The quantitative estimate of drug-likeness (QED) is 0.612. The molecule has 2 heterocycles. The number of halogens is 5. The molecule has 1 N–H and O–H groups in total. The van der Waals surface area contributed by atoms with Crippen molar-refractivity contribution in [1.29, 1.82) is 0 Å². The van der Waals surface area contributed by atoms with Gasteiger partial charge in [0, 0.05) is 32.1 Å². The van der Waals surface area contributed by atoms with Crippen LogP contribution in [0.5, 0.6) is 5.88 Å². The van der Waals surface area contributed by atoms with E-state index in [1.165, 1.54) is 0 Å². The molecular formula is C18H16Cl2F3N3OS. The number of ether oxygens (including phenoxy) is 1. The summed E-state index contributed by atoms with van der Waals surface area (Å²) in [6.07, 6.45) is -2.72. The lowest BCUT2D eigenvalue weighted by atomic mass is 10.1. The molecule has 10 heteroatoms. The SMILES string of the molecule is FC(F)(F)c1cnc(OC2CCN(C(=S)Nc3ccccc3Cl)CC2)c(Cl)c1. The van der Waals surface area contributed by atoms with E-state index in [0.717, 1.165) is 18.0 Å². The Morgan fingerprint density at radius 2 is 1.86 bits per heavy atom. The summed E-state index contributed by atoms with van der Waals surface area (Å²) in [7, 11) is 0. The number of pyridine rings is 1. The average molecular weight is 450 g/mol. The van der Waals surface area contributed by atoms with E-state index in [0.29, 0.717) is 36.1 Å². The van der Waals surface area contributed by atoms with Crippen molar-refractivity contribution in [3.8, 4) is 5.88 Å². The molecule has 28 heavy (non-hydrogen) atoms. The Kier molecular flexibility index (Phi) is 6.52. The number of aromatic nitrogens is 1. The molecular weight excluding hydrogens is 434 g/mol. The Hall–Kier alpha value is -1.77. The van der Waals surface area contributed by atoms with Crippen LogP contribution in [-0.2, 0) is 6.18 Å². The Morgan fingerprint density at radius 1 is 1.18 bits per heavy atom. The van der Waals surface area contributed by atoms with E-state index in [1.54, 1.807) is 6.07 Å². The molecule has 1 saturated heterocycles. The van der Waals surface area contributed by atoms with Gasteiger partial charge in [0.1, 0.15) is 11.1 Å². The first kappa shape index (κ1) is 21.0. The van der Waals surface area contributed by atoms with Gasteiger partial charge in [-0.15, -0.1) is 0 Å². The van der Waals surface area contributed by atoms with Crippen LogP contribution in [0.2, 0.25) is 10.0 Å². The maximum absolute atomic E-state index is 12.7. The van der Waals surface area contributed by atoms with E-state index >= 15 is 0 Å². The number of hydrogen-bond donors (Lipinski definition) is 1. The number of alkyl halides is 3. The number of piperidine rings is 1. The summed E-state index contributed by atoms with van der Waals surface area (Å²) in [5.41, 5.74) is -0.177. The minimum absolute atomic E-state index is 0.00452. The zero-order valence-corrected chi connectivity index (χ0v) is 16.8. The Bertz CT molecular complexity index is 858. The second kappa shape index (κ2) is 8.71. The molecule has 1 aliphatic rings. The molecule has 2 aromatic rings. The Balaban J connectivity index is 1.54. The third kappa shape index (κ3) is 5.18. The highest BCUT2D eigenvalue weighted by Gasteiger charge is 2.32. The van der Waals surface area contributed by atoms with E-state index in [2.05, 4.69) is 10.3 Å². The lowest BCUT2D eigenvalue weighted by Gasteiger charge is -2.33. The summed E-state index contributed by atoms with van der Waals surface area (Å²) < 4.78 is 43.8. The number of anilines is 1. The molecule has 0 atom stereocenters. The summed E-state index contributed by atoms with van der Waals surface area (Å²) in [5.74, 6) is 0.00452. The number of hydrogen-bond acceptors (Lipinski definition) is 3. The van der Waals surface area contributed by atoms with Crippen LogP contribution >= 0.6 is 35.4 Å². The highest BCUT2D eigenvalue weighted by atomic mass is 35.5. The molecule has 0 unspecified atom stereocenters. The van der Waals surface area contributed by atoms with Crippen molar-refractivity contribution in [3.05, 3.63) is 52.1 Å². The van der Waals surface area contributed by atoms with Crippen LogP contribution in [0, 0.1) is 0 Å². The van der Waals surface area contributed by atoms with Gasteiger partial charge in [0.15, 0.2) is 5.11 Å².